The Balaban J connectivity index is 3.58. The number of unbranched alkanes of at least 4 members (excludes halogenated alkanes) is 1. The molecule has 0 rings (SSSR count). The molecule has 0 spiro atoms. The zero-order valence-electron chi connectivity index (χ0n) is 7.85. The number of hydrogen-bond donors (Lipinski definition) is 4. The van der Waals surface area contributed by atoms with Crippen molar-refractivity contribution in [3.8, 4) is 0 Å². The van der Waals surface area contributed by atoms with Gasteiger partial charge >= 0.3 is 0 Å². The van der Waals surface area contributed by atoms with E-state index in [4.69, 9.17) is 16.6 Å². The first-order valence-electron chi connectivity index (χ1n) is 4.39. The maximum Gasteiger partial charge on any atom is 0.248 e. The molecule has 0 bridgehead atoms. The van der Waals surface area contributed by atoms with E-state index in [1.807, 2.05) is 0 Å². The van der Waals surface area contributed by atoms with E-state index in [0.717, 1.165) is 0 Å². The van der Waals surface area contributed by atoms with Crippen molar-refractivity contribution in [2.24, 2.45) is 11.5 Å². The number of aliphatic hydroxyl groups is 2. The predicted molar refractivity (Wildman–Crippen MR) is 48.9 cm³/mol. The second-order valence-corrected chi connectivity index (χ2v) is 3.13. The van der Waals surface area contributed by atoms with Crippen LogP contribution >= 0.6 is 0 Å². The summed E-state index contributed by atoms with van der Waals surface area (Å²) < 4.78 is 0. The Morgan fingerprint density at radius 3 is 2.14 bits per heavy atom. The van der Waals surface area contributed by atoms with Gasteiger partial charge in [-0.25, -0.2) is 0 Å². The summed E-state index contributed by atoms with van der Waals surface area (Å²) in [6.07, 6.45) is -1.22. The summed E-state index contributed by atoms with van der Waals surface area (Å²) in [5, 5.41) is 18.2. The van der Waals surface area contributed by atoms with Crippen molar-refractivity contribution in [2.45, 2.75) is 37.9 Å². The van der Waals surface area contributed by atoms with E-state index in [1.165, 1.54) is 0 Å². The van der Waals surface area contributed by atoms with Gasteiger partial charge in [0.1, 0.15) is 0 Å². The number of aliphatic hydroxyl groups excluding tert-OH is 2. The molecule has 0 aromatic carbocycles. The Kier molecular flexibility index (Phi) is 5.82. The lowest BCUT2D eigenvalue weighted by Crippen LogP contribution is -2.38. The average molecular weight is 204 g/mol. The Morgan fingerprint density at radius 1 is 1.14 bits per heavy atom. The SMILES string of the molecule is NC(=O)CCCCC(O)C(O)C(N)=O. The van der Waals surface area contributed by atoms with Gasteiger partial charge in [-0.15, -0.1) is 0 Å². The third-order valence-corrected chi connectivity index (χ3v) is 1.83. The van der Waals surface area contributed by atoms with Gasteiger partial charge < -0.3 is 21.7 Å². The summed E-state index contributed by atoms with van der Waals surface area (Å²) in [4.78, 5) is 20.7. The lowest BCUT2D eigenvalue weighted by molar-refractivity contribution is -0.132. The molecule has 2 amide bonds. The molecule has 0 radical (unpaired) electrons. The molecule has 0 aliphatic carbocycles. The summed E-state index contributed by atoms with van der Waals surface area (Å²) in [7, 11) is 0. The number of amides is 2. The molecule has 14 heavy (non-hydrogen) atoms. The quantitative estimate of drug-likeness (QED) is 0.366. The van der Waals surface area contributed by atoms with Gasteiger partial charge in [-0.3, -0.25) is 9.59 Å². The number of nitrogens with two attached hydrogens (primary N) is 2. The molecule has 0 saturated carbocycles. The number of carbonyl (C=O) groups excluding carboxylic acids is 2. The van der Waals surface area contributed by atoms with Crippen LogP contribution in [0.25, 0.3) is 0 Å². The number of rotatable bonds is 7. The molecule has 2 unspecified atom stereocenters. The van der Waals surface area contributed by atoms with Crippen molar-refractivity contribution >= 4 is 11.8 Å². The van der Waals surface area contributed by atoms with Crippen molar-refractivity contribution < 1.29 is 19.8 Å². The largest absolute Gasteiger partial charge is 0.390 e. The van der Waals surface area contributed by atoms with E-state index in [0.29, 0.717) is 12.8 Å². The van der Waals surface area contributed by atoms with Gasteiger partial charge in [-0.2, -0.15) is 0 Å². The van der Waals surface area contributed by atoms with E-state index >= 15 is 0 Å². The Labute approximate surface area is 81.9 Å². The van der Waals surface area contributed by atoms with Crippen LogP contribution in [0.15, 0.2) is 0 Å². The van der Waals surface area contributed by atoms with Gasteiger partial charge in [0.2, 0.25) is 11.8 Å². The first-order chi connectivity index (χ1) is 6.45. The molecule has 82 valence electrons. The smallest absolute Gasteiger partial charge is 0.248 e. The lowest BCUT2D eigenvalue weighted by atomic mass is 10.1. The molecule has 0 aromatic heterocycles. The van der Waals surface area contributed by atoms with Crippen LogP contribution in [0.1, 0.15) is 25.7 Å². The van der Waals surface area contributed by atoms with E-state index in [-0.39, 0.29) is 12.8 Å². The maximum atomic E-state index is 10.4. The summed E-state index contributed by atoms with van der Waals surface area (Å²) in [6.45, 7) is 0. The van der Waals surface area contributed by atoms with Crippen molar-refractivity contribution in [2.75, 3.05) is 0 Å². The van der Waals surface area contributed by atoms with Crippen LogP contribution in [0.3, 0.4) is 0 Å². The zero-order valence-corrected chi connectivity index (χ0v) is 7.85. The molecule has 0 aromatic rings. The number of primary amides is 2. The highest BCUT2D eigenvalue weighted by Crippen LogP contribution is 2.06. The summed E-state index contributed by atoms with van der Waals surface area (Å²) >= 11 is 0. The number of carbonyl (C=O) groups is 2. The zero-order chi connectivity index (χ0) is 11.1. The standard InChI is InChI=1S/C8H16N2O4/c9-6(12)4-2-1-3-5(11)7(13)8(10)14/h5,7,11,13H,1-4H2,(H2,9,12)(H2,10,14). The van der Waals surface area contributed by atoms with Crippen LogP contribution < -0.4 is 11.5 Å². The van der Waals surface area contributed by atoms with Crippen LogP contribution in [-0.4, -0.2) is 34.2 Å². The molecule has 0 aliphatic rings. The lowest BCUT2D eigenvalue weighted by Gasteiger charge is -2.13. The van der Waals surface area contributed by atoms with Crippen molar-refractivity contribution in [1.82, 2.24) is 0 Å². The third-order valence-electron chi connectivity index (χ3n) is 1.83. The molecule has 6 nitrogen and oxygen atoms in total. The van der Waals surface area contributed by atoms with Crippen molar-refractivity contribution in [3.05, 3.63) is 0 Å². The fourth-order valence-electron chi connectivity index (χ4n) is 1.00. The summed E-state index contributed by atoms with van der Waals surface area (Å²) in [5.41, 5.74) is 9.66. The highest BCUT2D eigenvalue weighted by molar-refractivity contribution is 5.79. The van der Waals surface area contributed by atoms with E-state index in [1.54, 1.807) is 0 Å². The Bertz CT molecular complexity index is 208. The maximum absolute atomic E-state index is 10.4. The molecular weight excluding hydrogens is 188 g/mol. The van der Waals surface area contributed by atoms with Crippen LogP contribution in [0, 0.1) is 0 Å². The monoisotopic (exact) mass is 204 g/mol. The molecule has 0 aliphatic heterocycles. The van der Waals surface area contributed by atoms with E-state index in [9.17, 15) is 14.7 Å². The minimum Gasteiger partial charge on any atom is -0.390 e. The predicted octanol–water partition coefficient (Wildman–Crippen LogP) is -1.76. The second kappa shape index (κ2) is 6.33. The topological polar surface area (TPSA) is 127 Å². The molecule has 0 saturated heterocycles. The van der Waals surface area contributed by atoms with Gasteiger partial charge in [0.25, 0.3) is 0 Å². The highest BCUT2D eigenvalue weighted by Gasteiger charge is 2.20. The van der Waals surface area contributed by atoms with Gasteiger partial charge in [-0.1, -0.05) is 6.42 Å². The van der Waals surface area contributed by atoms with Crippen LogP contribution in [0.5, 0.6) is 0 Å². The molecular formula is C8H16N2O4. The van der Waals surface area contributed by atoms with Crippen molar-refractivity contribution in [1.29, 1.82) is 0 Å². The van der Waals surface area contributed by atoms with Crippen LogP contribution in [0.2, 0.25) is 0 Å². The van der Waals surface area contributed by atoms with Gasteiger partial charge in [0.15, 0.2) is 6.10 Å². The van der Waals surface area contributed by atoms with Crippen LogP contribution in [0.4, 0.5) is 0 Å². The van der Waals surface area contributed by atoms with Crippen LogP contribution in [-0.2, 0) is 9.59 Å². The fraction of sp³-hybridized carbons (Fsp3) is 0.750. The molecule has 0 heterocycles. The minimum absolute atomic E-state index is 0.220. The fourth-order valence-corrected chi connectivity index (χ4v) is 1.00. The highest BCUT2D eigenvalue weighted by atomic mass is 16.3. The number of hydrogen-bond acceptors (Lipinski definition) is 4. The molecule has 2 atom stereocenters. The first-order valence-corrected chi connectivity index (χ1v) is 4.39. The van der Waals surface area contributed by atoms with Gasteiger partial charge in [0, 0.05) is 6.42 Å². The van der Waals surface area contributed by atoms with E-state index < -0.39 is 24.0 Å². The summed E-state index contributed by atoms with van der Waals surface area (Å²) in [6, 6.07) is 0. The minimum atomic E-state index is -1.54. The van der Waals surface area contributed by atoms with Crippen molar-refractivity contribution in [3.63, 3.8) is 0 Å². The third kappa shape index (κ3) is 5.50. The normalized spacial score (nSPS) is 14.7. The summed E-state index contributed by atoms with van der Waals surface area (Å²) in [5.74, 6) is -1.36. The molecule has 6 heteroatoms. The van der Waals surface area contributed by atoms with Gasteiger partial charge in [-0.05, 0) is 12.8 Å². The second-order valence-electron chi connectivity index (χ2n) is 3.13. The van der Waals surface area contributed by atoms with E-state index in [2.05, 4.69) is 0 Å². The molecule has 6 N–H and O–H groups in total. The first kappa shape index (κ1) is 12.9. The molecule has 0 fully saturated rings. The Hall–Kier alpha value is -1.14. The Morgan fingerprint density at radius 2 is 1.71 bits per heavy atom. The van der Waals surface area contributed by atoms with Gasteiger partial charge in [0.05, 0.1) is 6.10 Å². The average Bonchev–Trinajstić information content (AvgIpc) is 2.10.